The molecule has 0 radical (unpaired) electrons. The molecule has 4 rings (SSSR count). The zero-order valence-electron chi connectivity index (χ0n) is 13.9. The number of hydrogen-bond donors (Lipinski definition) is 1. The molecule has 27 heavy (non-hydrogen) atoms. The largest absolute Gasteiger partial charge is 0.335 e. The van der Waals surface area contributed by atoms with Gasteiger partial charge in [-0.15, -0.1) is 21.5 Å². The topological polar surface area (TPSA) is 91.1 Å². The van der Waals surface area contributed by atoms with Crippen molar-refractivity contribution in [3.63, 3.8) is 0 Å². The number of fused-ring (bicyclic) bond motifs is 1. The standard InChI is InChI=1S/C16H12Cl2N6OS2/c1-8-6-26-15-20-10(5-13(25)23(8)15)7-27-16-22-21-14(24(16)19)11-3-2-9(17)4-12(11)18/h2-6H,7,19H2,1H3. The second kappa shape index (κ2) is 7.16. The lowest BCUT2D eigenvalue weighted by Gasteiger charge is -2.06. The van der Waals surface area contributed by atoms with Crippen molar-refractivity contribution in [3.05, 3.63) is 61.4 Å². The fourth-order valence-corrected chi connectivity index (χ4v) is 4.68. The number of aryl methyl sites for hydroxylation is 1. The van der Waals surface area contributed by atoms with Crippen molar-refractivity contribution in [1.29, 1.82) is 0 Å². The van der Waals surface area contributed by atoms with Crippen LogP contribution in [0.3, 0.4) is 0 Å². The van der Waals surface area contributed by atoms with Crippen molar-refractivity contribution in [2.75, 3.05) is 5.84 Å². The number of aromatic nitrogens is 5. The van der Waals surface area contributed by atoms with Crippen molar-refractivity contribution in [2.45, 2.75) is 17.8 Å². The van der Waals surface area contributed by atoms with Gasteiger partial charge in [-0.3, -0.25) is 9.20 Å². The number of nitrogens with zero attached hydrogens (tertiary/aromatic N) is 5. The van der Waals surface area contributed by atoms with Gasteiger partial charge in [-0.1, -0.05) is 35.0 Å². The molecule has 0 aliphatic rings. The molecule has 0 aliphatic heterocycles. The predicted molar refractivity (Wildman–Crippen MR) is 109 cm³/mol. The summed E-state index contributed by atoms with van der Waals surface area (Å²) in [6, 6.07) is 6.59. The molecule has 3 heterocycles. The smallest absolute Gasteiger partial charge is 0.258 e. The summed E-state index contributed by atoms with van der Waals surface area (Å²) >= 11 is 14.9. The van der Waals surface area contributed by atoms with Gasteiger partial charge in [-0.05, 0) is 25.1 Å². The van der Waals surface area contributed by atoms with Crippen LogP contribution < -0.4 is 11.4 Å². The molecule has 11 heteroatoms. The van der Waals surface area contributed by atoms with Crippen LogP contribution in [0.5, 0.6) is 0 Å². The van der Waals surface area contributed by atoms with Gasteiger partial charge in [0.05, 0.1) is 10.7 Å². The zero-order chi connectivity index (χ0) is 19.1. The van der Waals surface area contributed by atoms with E-state index < -0.39 is 0 Å². The van der Waals surface area contributed by atoms with Crippen molar-refractivity contribution < 1.29 is 0 Å². The number of rotatable bonds is 4. The van der Waals surface area contributed by atoms with Crippen LogP contribution in [0, 0.1) is 6.92 Å². The highest BCUT2D eigenvalue weighted by Gasteiger charge is 2.16. The molecular weight excluding hydrogens is 427 g/mol. The molecular formula is C16H12Cl2N6OS2. The van der Waals surface area contributed by atoms with Crippen molar-refractivity contribution in [3.8, 4) is 11.4 Å². The molecule has 0 saturated heterocycles. The number of halogens is 2. The Kier molecular flexibility index (Phi) is 4.85. The third-order valence-electron chi connectivity index (χ3n) is 3.81. The minimum absolute atomic E-state index is 0.0998. The number of benzene rings is 1. The van der Waals surface area contributed by atoms with Crippen molar-refractivity contribution >= 4 is 51.3 Å². The van der Waals surface area contributed by atoms with Crippen LogP contribution in [0.25, 0.3) is 16.3 Å². The minimum atomic E-state index is -0.0998. The van der Waals surface area contributed by atoms with Gasteiger partial charge in [0, 0.05) is 33.5 Å². The molecule has 4 aromatic rings. The first-order chi connectivity index (χ1) is 12.9. The predicted octanol–water partition coefficient (Wildman–Crippen LogP) is 3.64. The van der Waals surface area contributed by atoms with Crippen LogP contribution in [0.15, 0.2) is 39.6 Å². The van der Waals surface area contributed by atoms with Gasteiger partial charge in [0.25, 0.3) is 5.56 Å². The maximum absolute atomic E-state index is 12.3. The van der Waals surface area contributed by atoms with Crippen LogP contribution in [-0.4, -0.2) is 24.3 Å². The molecule has 0 spiro atoms. The van der Waals surface area contributed by atoms with Gasteiger partial charge >= 0.3 is 0 Å². The Morgan fingerprint density at radius 1 is 1.26 bits per heavy atom. The average molecular weight is 439 g/mol. The van der Waals surface area contributed by atoms with Gasteiger partial charge in [-0.2, -0.15) is 0 Å². The highest BCUT2D eigenvalue weighted by atomic mass is 35.5. The second-order valence-electron chi connectivity index (χ2n) is 5.67. The summed E-state index contributed by atoms with van der Waals surface area (Å²) in [4.78, 5) is 17.4. The van der Waals surface area contributed by atoms with E-state index in [9.17, 15) is 4.79 Å². The Morgan fingerprint density at radius 2 is 2.07 bits per heavy atom. The first kappa shape index (κ1) is 18.3. The Balaban J connectivity index is 1.59. The lowest BCUT2D eigenvalue weighted by molar-refractivity contribution is 0.849. The summed E-state index contributed by atoms with van der Waals surface area (Å²) in [5.74, 6) is 6.99. The molecule has 0 bridgehead atoms. The van der Waals surface area contributed by atoms with E-state index in [0.29, 0.717) is 43.0 Å². The number of thiazole rings is 1. The van der Waals surface area contributed by atoms with Gasteiger partial charge in [0.15, 0.2) is 10.8 Å². The Bertz CT molecular complexity index is 1220. The van der Waals surface area contributed by atoms with E-state index >= 15 is 0 Å². The summed E-state index contributed by atoms with van der Waals surface area (Å²) in [7, 11) is 0. The lowest BCUT2D eigenvalue weighted by Crippen LogP contribution is -2.15. The first-order valence-electron chi connectivity index (χ1n) is 7.69. The van der Waals surface area contributed by atoms with Crippen LogP contribution >= 0.6 is 46.3 Å². The number of nitrogens with two attached hydrogens (primary N) is 1. The maximum atomic E-state index is 12.3. The zero-order valence-corrected chi connectivity index (χ0v) is 17.0. The summed E-state index contributed by atoms with van der Waals surface area (Å²) in [5.41, 5.74) is 2.06. The fraction of sp³-hybridized carbons (Fsp3) is 0.125. The van der Waals surface area contributed by atoms with Crippen LogP contribution in [-0.2, 0) is 5.75 Å². The molecule has 138 valence electrons. The van der Waals surface area contributed by atoms with Crippen molar-refractivity contribution in [2.24, 2.45) is 0 Å². The average Bonchev–Trinajstić information content (AvgIpc) is 3.17. The van der Waals surface area contributed by atoms with E-state index in [1.54, 1.807) is 22.6 Å². The second-order valence-corrected chi connectivity index (χ2v) is 8.29. The van der Waals surface area contributed by atoms with Crippen LogP contribution in [0.4, 0.5) is 0 Å². The first-order valence-corrected chi connectivity index (χ1v) is 10.3. The summed E-state index contributed by atoms with van der Waals surface area (Å²) in [5, 5.41) is 11.6. The fourth-order valence-electron chi connectivity index (χ4n) is 2.54. The molecule has 0 fully saturated rings. The van der Waals surface area contributed by atoms with E-state index in [0.717, 1.165) is 5.69 Å². The van der Waals surface area contributed by atoms with Gasteiger partial charge in [0.1, 0.15) is 0 Å². The van der Waals surface area contributed by atoms with Gasteiger partial charge < -0.3 is 5.84 Å². The van der Waals surface area contributed by atoms with Crippen LogP contribution in [0.1, 0.15) is 11.4 Å². The maximum Gasteiger partial charge on any atom is 0.258 e. The van der Waals surface area contributed by atoms with Gasteiger partial charge in [0.2, 0.25) is 5.16 Å². The highest BCUT2D eigenvalue weighted by molar-refractivity contribution is 7.98. The normalized spacial score (nSPS) is 11.4. The number of hydrogen-bond acceptors (Lipinski definition) is 7. The third kappa shape index (κ3) is 3.43. The van der Waals surface area contributed by atoms with E-state index in [2.05, 4.69) is 15.2 Å². The monoisotopic (exact) mass is 438 g/mol. The van der Waals surface area contributed by atoms with E-state index in [4.69, 9.17) is 29.0 Å². The molecule has 1 aromatic carbocycles. The lowest BCUT2D eigenvalue weighted by atomic mass is 10.2. The van der Waals surface area contributed by atoms with Gasteiger partial charge in [-0.25, -0.2) is 9.66 Å². The molecule has 0 aliphatic carbocycles. The highest BCUT2D eigenvalue weighted by Crippen LogP contribution is 2.30. The summed E-state index contributed by atoms with van der Waals surface area (Å²) < 4.78 is 2.95. The molecule has 0 atom stereocenters. The third-order valence-corrected chi connectivity index (χ3v) is 6.28. The van der Waals surface area contributed by atoms with E-state index in [1.165, 1.54) is 33.8 Å². The SMILES string of the molecule is Cc1csc2nc(CSc3nnc(-c4ccc(Cl)cc4Cl)n3N)cc(=O)n12. The Morgan fingerprint density at radius 3 is 2.85 bits per heavy atom. The molecule has 0 saturated carbocycles. The molecule has 0 unspecified atom stereocenters. The van der Waals surface area contributed by atoms with E-state index in [1.807, 2.05) is 12.3 Å². The molecule has 0 amide bonds. The van der Waals surface area contributed by atoms with Crippen molar-refractivity contribution in [1.82, 2.24) is 24.3 Å². The molecule has 2 N–H and O–H groups in total. The molecule has 7 nitrogen and oxygen atoms in total. The summed E-state index contributed by atoms with van der Waals surface area (Å²) in [6.45, 7) is 1.88. The molecule has 3 aromatic heterocycles. The Hall–Kier alpha value is -2.07. The number of nitrogen functional groups attached to an aromatic ring is 1. The summed E-state index contributed by atoms with van der Waals surface area (Å²) in [6.07, 6.45) is 0. The van der Waals surface area contributed by atoms with Crippen LogP contribution in [0.2, 0.25) is 10.0 Å². The Labute approximate surface area is 171 Å². The quantitative estimate of drug-likeness (QED) is 0.386. The van der Waals surface area contributed by atoms with E-state index in [-0.39, 0.29) is 5.56 Å². The number of thioether (sulfide) groups is 1. The minimum Gasteiger partial charge on any atom is -0.335 e.